The fourth-order valence-corrected chi connectivity index (χ4v) is 4.69. The van der Waals surface area contributed by atoms with Gasteiger partial charge in [-0.05, 0) is 50.8 Å². The van der Waals surface area contributed by atoms with Crippen LogP contribution in [0.4, 0.5) is 0 Å². The van der Waals surface area contributed by atoms with Crippen molar-refractivity contribution >= 4 is 11.3 Å². The third kappa shape index (κ3) is 2.88. The monoisotopic (exact) mass is 279 g/mol. The van der Waals surface area contributed by atoms with Gasteiger partial charge in [0.15, 0.2) is 0 Å². The molecule has 19 heavy (non-hydrogen) atoms. The summed E-state index contributed by atoms with van der Waals surface area (Å²) in [7, 11) is 0. The summed E-state index contributed by atoms with van der Waals surface area (Å²) in [5.41, 5.74) is 0. The number of hydrogen-bond acceptors (Lipinski definition) is 3. The maximum absolute atomic E-state index is 6.04. The van der Waals surface area contributed by atoms with E-state index < -0.39 is 0 Å². The minimum atomic E-state index is 0.527. The lowest BCUT2D eigenvalue weighted by Crippen LogP contribution is -2.42. The van der Waals surface area contributed by atoms with Gasteiger partial charge in [0.25, 0.3) is 0 Å². The number of ether oxygens (including phenoxy) is 1. The fourth-order valence-electron chi connectivity index (χ4n) is 3.68. The van der Waals surface area contributed by atoms with Gasteiger partial charge in [-0.1, -0.05) is 13.8 Å². The van der Waals surface area contributed by atoms with Gasteiger partial charge in [-0.2, -0.15) is 0 Å². The van der Waals surface area contributed by atoms with E-state index in [9.17, 15) is 0 Å². The molecule has 0 amide bonds. The summed E-state index contributed by atoms with van der Waals surface area (Å²) < 4.78 is 6.04. The molecule has 3 heteroatoms. The van der Waals surface area contributed by atoms with E-state index in [1.165, 1.54) is 35.4 Å². The Bertz CT molecular complexity index is 417. The van der Waals surface area contributed by atoms with Crippen molar-refractivity contribution in [1.29, 1.82) is 0 Å². The van der Waals surface area contributed by atoms with Crippen molar-refractivity contribution in [3.8, 4) is 0 Å². The minimum Gasteiger partial charge on any atom is -0.375 e. The van der Waals surface area contributed by atoms with Crippen LogP contribution in [0.15, 0.2) is 12.1 Å². The first-order valence-electron chi connectivity index (χ1n) is 7.76. The highest BCUT2D eigenvalue weighted by Gasteiger charge is 2.44. The highest BCUT2D eigenvalue weighted by atomic mass is 32.1. The number of nitrogens with one attached hydrogen (secondary N) is 1. The Kier molecular flexibility index (Phi) is 4.25. The normalized spacial score (nSPS) is 30.9. The molecule has 3 rings (SSSR count). The summed E-state index contributed by atoms with van der Waals surface area (Å²) in [5, 5.41) is 3.71. The van der Waals surface area contributed by atoms with Crippen LogP contribution in [0.1, 0.15) is 42.9 Å². The predicted octanol–water partition coefficient (Wildman–Crippen LogP) is 3.40. The van der Waals surface area contributed by atoms with Crippen molar-refractivity contribution in [3.63, 3.8) is 0 Å². The molecule has 2 nitrogen and oxygen atoms in total. The van der Waals surface area contributed by atoms with Gasteiger partial charge in [0.2, 0.25) is 0 Å². The number of thiophene rings is 1. The van der Waals surface area contributed by atoms with Gasteiger partial charge in [-0.25, -0.2) is 0 Å². The Morgan fingerprint density at radius 1 is 1.32 bits per heavy atom. The lowest BCUT2D eigenvalue weighted by atomic mass is 9.82. The average Bonchev–Trinajstić information content (AvgIpc) is 3.14. The van der Waals surface area contributed by atoms with Crippen molar-refractivity contribution < 1.29 is 4.74 Å². The largest absolute Gasteiger partial charge is 0.375 e. The summed E-state index contributed by atoms with van der Waals surface area (Å²) in [6, 6.07) is 5.21. The van der Waals surface area contributed by atoms with Crippen LogP contribution >= 0.6 is 11.3 Å². The Morgan fingerprint density at radius 3 is 2.74 bits per heavy atom. The fraction of sp³-hybridized carbons (Fsp3) is 0.750. The molecular formula is C16H25NOS. The van der Waals surface area contributed by atoms with Crippen molar-refractivity contribution in [2.24, 2.45) is 5.92 Å². The molecule has 4 atom stereocenters. The van der Waals surface area contributed by atoms with Gasteiger partial charge in [0.1, 0.15) is 0 Å². The van der Waals surface area contributed by atoms with E-state index in [-0.39, 0.29) is 0 Å². The number of fused-ring (bicyclic) bond motifs is 2. The molecule has 3 heterocycles. The van der Waals surface area contributed by atoms with E-state index in [2.05, 4.69) is 31.3 Å². The molecule has 1 aromatic rings. The van der Waals surface area contributed by atoms with Gasteiger partial charge >= 0.3 is 0 Å². The lowest BCUT2D eigenvalue weighted by molar-refractivity contribution is 0.0859. The second-order valence-electron chi connectivity index (χ2n) is 5.86. The molecule has 2 aliphatic rings. The van der Waals surface area contributed by atoms with Crippen molar-refractivity contribution in [1.82, 2.24) is 5.32 Å². The van der Waals surface area contributed by atoms with Gasteiger partial charge in [0.05, 0.1) is 12.2 Å². The zero-order valence-corrected chi connectivity index (χ0v) is 12.8. The highest BCUT2D eigenvalue weighted by Crippen LogP contribution is 2.41. The molecular weight excluding hydrogens is 254 g/mol. The molecule has 0 spiro atoms. The molecule has 0 saturated carbocycles. The SMILES string of the molecule is CCNC(Cc1ccc(CC)s1)C1CC2CCC1O2. The van der Waals surface area contributed by atoms with Crippen molar-refractivity contribution in [2.75, 3.05) is 6.54 Å². The van der Waals surface area contributed by atoms with Crippen LogP contribution in [0.25, 0.3) is 0 Å². The molecule has 106 valence electrons. The van der Waals surface area contributed by atoms with Gasteiger partial charge < -0.3 is 10.1 Å². The maximum Gasteiger partial charge on any atom is 0.0623 e. The molecule has 0 aliphatic carbocycles. The Balaban J connectivity index is 1.67. The molecule has 2 fully saturated rings. The summed E-state index contributed by atoms with van der Waals surface area (Å²) in [5.74, 6) is 0.728. The molecule has 2 saturated heterocycles. The number of likely N-dealkylation sites (N-methyl/N-ethyl adjacent to an activating group) is 1. The zero-order valence-electron chi connectivity index (χ0n) is 12.0. The third-order valence-electron chi connectivity index (χ3n) is 4.62. The topological polar surface area (TPSA) is 21.3 Å². The highest BCUT2D eigenvalue weighted by molar-refractivity contribution is 7.11. The van der Waals surface area contributed by atoms with Crippen molar-refractivity contribution in [3.05, 3.63) is 21.9 Å². The second kappa shape index (κ2) is 5.94. The van der Waals surface area contributed by atoms with E-state index in [0.29, 0.717) is 18.2 Å². The summed E-state index contributed by atoms with van der Waals surface area (Å²) in [4.78, 5) is 3.04. The quantitative estimate of drug-likeness (QED) is 0.862. The van der Waals surface area contributed by atoms with Gasteiger partial charge in [0, 0.05) is 21.7 Å². The Labute approximate surface area is 120 Å². The molecule has 2 bridgehead atoms. The molecule has 1 N–H and O–H groups in total. The number of rotatable bonds is 6. The van der Waals surface area contributed by atoms with Crippen LogP contribution in [0.5, 0.6) is 0 Å². The molecule has 2 aliphatic heterocycles. The zero-order chi connectivity index (χ0) is 13.2. The predicted molar refractivity (Wildman–Crippen MR) is 80.9 cm³/mol. The van der Waals surface area contributed by atoms with Crippen LogP contribution in [-0.2, 0) is 17.6 Å². The minimum absolute atomic E-state index is 0.527. The first-order chi connectivity index (χ1) is 9.30. The summed E-state index contributed by atoms with van der Waals surface area (Å²) in [6.45, 7) is 5.51. The van der Waals surface area contributed by atoms with E-state index >= 15 is 0 Å². The van der Waals surface area contributed by atoms with E-state index in [1.807, 2.05) is 11.3 Å². The van der Waals surface area contributed by atoms with Crippen LogP contribution in [-0.4, -0.2) is 24.8 Å². The van der Waals surface area contributed by atoms with Crippen LogP contribution in [0, 0.1) is 5.92 Å². The maximum atomic E-state index is 6.04. The molecule has 1 aromatic heterocycles. The van der Waals surface area contributed by atoms with Gasteiger partial charge in [-0.15, -0.1) is 11.3 Å². The smallest absolute Gasteiger partial charge is 0.0623 e. The third-order valence-corrected chi connectivity index (χ3v) is 5.87. The van der Waals surface area contributed by atoms with Crippen LogP contribution in [0.3, 0.4) is 0 Å². The lowest BCUT2D eigenvalue weighted by Gasteiger charge is -2.28. The second-order valence-corrected chi connectivity index (χ2v) is 7.12. The van der Waals surface area contributed by atoms with Crippen molar-refractivity contribution in [2.45, 2.75) is 64.2 Å². The van der Waals surface area contributed by atoms with E-state index in [1.54, 1.807) is 0 Å². The average molecular weight is 279 g/mol. The number of hydrogen-bond donors (Lipinski definition) is 1. The summed E-state index contributed by atoms with van der Waals surface area (Å²) in [6.07, 6.45) is 7.27. The van der Waals surface area contributed by atoms with Crippen LogP contribution < -0.4 is 5.32 Å². The Morgan fingerprint density at radius 2 is 2.16 bits per heavy atom. The van der Waals surface area contributed by atoms with Gasteiger partial charge in [-0.3, -0.25) is 0 Å². The van der Waals surface area contributed by atoms with E-state index in [4.69, 9.17) is 4.74 Å². The standard InChI is InChI=1S/C16H25NOS/c1-3-12-6-7-13(19-12)10-15(17-4-2)14-9-11-5-8-16(14)18-11/h6-7,11,14-17H,3-5,8-10H2,1-2H3. The van der Waals surface area contributed by atoms with Crippen LogP contribution in [0.2, 0.25) is 0 Å². The molecule has 4 unspecified atom stereocenters. The summed E-state index contributed by atoms with van der Waals surface area (Å²) >= 11 is 1.99. The first-order valence-corrected chi connectivity index (χ1v) is 8.58. The number of aryl methyl sites for hydroxylation is 1. The first kappa shape index (κ1) is 13.6. The molecule has 0 aromatic carbocycles. The Hall–Kier alpha value is -0.380. The van der Waals surface area contributed by atoms with E-state index in [0.717, 1.165) is 18.9 Å². The molecule has 0 radical (unpaired) electrons.